The van der Waals surface area contributed by atoms with Crippen molar-refractivity contribution in [2.24, 2.45) is 10.9 Å². The highest BCUT2D eigenvalue weighted by atomic mass is 127. The molecule has 0 saturated carbocycles. The van der Waals surface area contributed by atoms with Crippen LogP contribution in [0.5, 0.6) is 0 Å². The summed E-state index contributed by atoms with van der Waals surface area (Å²) < 4.78 is 25.4. The van der Waals surface area contributed by atoms with E-state index in [9.17, 15) is 8.42 Å². The maximum absolute atomic E-state index is 11.4. The molecule has 0 aliphatic carbocycles. The van der Waals surface area contributed by atoms with Crippen molar-refractivity contribution in [1.29, 1.82) is 0 Å². The van der Waals surface area contributed by atoms with Gasteiger partial charge in [0.15, 0.2) is 5.96 Å². The van der Waals surface area contributed by atoms with Crippen LogP contribution in [-0.4, -0.2) is 70.3 Å². The van der Waals surface area contributed by atoms with Crippen LogP contribution in [0.1, 0.15) is 40.5 Å². The SMILES string of the molecule is CN=C(NCC(C)(C)NS(C)(=O)=O)NC1CCN(CC(C)C)CC1.I. The summed E-state index contributed by atoms with van der Waals surface area (Å²) in [5, 5.41) is 6.67. The topological polar surface area (TPSA) is 85.8 Å². The van der Waals surface area contributed by atoms with Crippen LogP contribution in [0.4, 0.5) is 0 Å². The van der Waals surface area contributed by atoms with Gasteiger partial charge in [0.25, 0.3) is 0 Å². The van der Waals surface area contributed by atoms with Gasteiger partial charge in [-0.2, -0.15) is 0 Å². The molecule has 0 atom stereocenters. The van der Waals surface area contributed by atoms with Crippen molar-refractivity contribution < 1.29 is 8.42 Å². The number of guanidine groups is 1. The first kappa shape index (κ1) is 24.9. The van der Waals surface area contributed by atoms with Crippen LogP contribution in [0.25, 0.3) is 0 Å². The predicted octanol–water partition coefficient (Wildman–Crippen LogP) is 1.22. The number of halogens is 1. The predicted molar refractivity (Wildman–Crippen MR) is 116 cm³/mol. The van der Waals surface area contributed by atoms with Gasteiger partial charge in [0.05, 0.1) is 6.26 Å². The number of piperidine rings is 1. The lowest BCUT2D eigenvalue weighted by atomic mass is 10.0. The van der Waals surface area contributed by atoms with Crippen LogP contribution >= 0.6 is 24.0 Å². The molecular weight excluding hydrogens is 453 g/mol. The van der Waals surface area contributed by atoms with Gasteiger partial charge in [0.1, 0.15) is 0 Å². The van der Waals surface area contributed by atoms with Crippen LogP contribution in [0.15, 0.2) is 4.99 Å². The van der Waals surface area contributed by atoms with E-state index in [-0.39, 0.29) is 24.0 Å². The number of likely N-dealkylation sites (tertiary alicyclic amines) is 1. The molecule has 0 aromatic rings. The van der Waals surface area contributed by atoms with E-state index in [1.807, 2.05) is 13.8 Å². The summed E-state index contributed by atoms with van der Waals surface area (Å²) in [4.78, 5) is 6.76. The first-order chi connectivity index (χ1) is 11.0. The number of hydrogen-bond donors (Lipinski definition) is 3. The average Bonchev–Trinajstić information content (AvgIpc) is 2.42. The molecule has 3 N–H and O–H groups in total. The van der Waals surface area contributed by atoms with Crippen molar-refractivity contribution in [3.05, 3.63) is 0 Å². The number of aliphatic imine (C=N–C) groups is 1. The van der Waals surface area contributed by atoms with Gasteiger partial charge in [-0.3, -0.25) is 4.99 Å². The molecule has 0 aromatic carbocycles. The van der Waals surface area contributed by atoms with Gasteiger partial charge in [-0.1, -0.05) is 13.8 Å². The highest BCUT2D eigenvalue weighted by Gasteiger charge is 2.24. The Morgan fingerprint density at radius 1 is 1.28 bits per heavy atom. The number of nitrogens with one attached hydrogen (secondary N) is 3. The van der Waals surface area contributed by atoms with E-state index in [1.165, 1.54) is 6.26 Å². The molecule has 9 heteroatoms. The third-order valence-electron chi connectivity index (χ3n) is 3.93. The third-order valence-corrected chi connectivity index (χ3v) is 4.86. The molecule has 0 bridgehead atoms. The van der Waals surface area contributed by atoms with E-state index < -0.39 is 15.6 Å². The number of rotatable bonds is 7. The first-order valence-corrected chi connectivity index (χ1v) is 10.6. The Morgan fingerprint density at radius 3 is 2.28 bits per heavy atom. The van der Waals surface area contributed by atoms with Crippen LogP contribution in [0.2, 0.25) is 0 Å². The number of hydrogen-bond acceptors (Lipinski definition) is 4. The molecule has 25 heavy (non-hydrogen) atoms. The van der Waals surface area contributed by atoms with Crippen molar-refractivity contribution in [2.45, 2.75) is 52.1 Å². The molecule has 1 rings (SSSR count). The van der Waals surface area contributed by atoms with E-state index in [1.54, 1.807) is 7.05 Å². The smallest absolute Gasteiger partial charge is 0.209 e. The monoisotopic (exact) mass is 489 g/mol. The molecule has 1 saturated heterocycles. The minimum Gasteiger partial charge on any atom is -0.355 e. The Morgan fingerprint density at radius 2 is 1.84 bits per heavy atom. The molecule has 1 fully saturated rings. The zero-order valence-electron chi connectivity index (χ0n) is 16.4. The summed E-state index contributed by atoms with van der Waals surface area (Å²) in [5.41, 5.74) is -0.578. The quantitative estimate of drug-likeness (QED) is 0.285. The highest BCUT2D eigenvalue weighted by Crippen LogP contribution is 2.12. The molecule has 0 radical (unpaired) electrons. The van der Waals surface area contributed by atoms with Gasteiger partial charge in [0, 0.05) is 44.8 Å². The van der Waals surface area contributed by atoms with E-state index in [2.05, 4.69) is 39.1 Å². The van der Waals surface area contributed by atoms with Crippen molar-refractivity contribution in [1.82, 2.24) is 20.3 Å². The molecule has 0 unspecified atom stereocenters. The minimum absolute atomic E-state index is 0. The van der Waals surface area contributed by atoms with Gasteiger partial charge < -0.3 is 15.5 Å². The van der Waals surface area contributed by atoms with Crippen LogP contribution in [0, 0.1) is 5.92 Å². The van der Waals surface area contributed by atoms with E-state index in [0.29, 0.717) is 18.5 Å². The fourth-order valence-electron chi connectivity index (χ4n) is 3.01. The van der Waals surface area contributed by atoms with E-state index >= 15 is 0 Å². The lowest BCUT2D eigenvalue weighted by molar-refractivity contribution is 0.186. The molecule has 7 nitrogen and oxygen atoms in total. The Hall–Kier alpha value is -0.130. The van der Waals surface area contributed by atoms with Gasteiger partial charge in [0.2, 0.25) is 10.0 Å². The summed E-state index contributed by atoms with van der Waals surface area (Å²) in [6.07, 6.45) is 3.36. The molecule has 1 aliphatic heterocycles. The van der Waals surface area contributed by atoms with Crippen molar-refractivity contribution in [2.75, 3.05) is 39.5 Å². The Kier molecular flexibility index (Phi) is 10.8. The van der Waals surface area contributed by atoms with Gasteiger partial charge >= 0.3 is 0 Å². The second-order valence-corrected chi connectivity index (χ2v) is 9.55. The molecule has 0 amide bonds. The van der Waals surface area contributed by atoms with Gasteiger partial charge in [-0.25, -0.2) is 13.1 Å². The van der Waals surface area contributed by atoms with E-state index in [0.717, 1.165) is 38.4 Å². The second-order valence-electron chi connectivity index (χ2n) is 7.80. The van der Waals surface area contributed by atoms with Crippen molar-refractivity contribution in [3.63, 3.8) is 0 Å². The number of sulfonamides is 1. The van der Waals surface area contributed by atoms with Crippen LogP contribution in [-0.2, 0) is 10.0 Å². The fraction of sp³-hybridized carbons (Fsp3) is 0.938. The largest absolute Gasteiger partial charge is 0.355 e. The first-order valence-electron chi connectivity index (χ1n) is 8.69. The van der Waals surface area contributed by atoms with Crippen LogP contribution < -0.4 is 15.4 Å². The molecular formula is C16H36IN5O2S. The Balaban J connectivity index is 0.00000576. The number of nitrogens with zero attached hydrogens (tertiary/aromatic N) is 2. The molecule has 0 aromatic heterocycles. The summed E-state index contributed by atoms with van der Waals surface area (Å²) >= 11 is 0. The summed E-state index contributed by atoms with van der Waals surface area (Å²) in [5.74, 6) is 1.43. The molecule has 1 aliphatic rings. The summed E-state index contributed by atoms with van der Waals surface area (Å²) in [6, 6.07) is 0.408. The normalized spacial score (nSPS) is 18.1. The summed E-state index contributed by atoms with van der Waals surface area (Å²) in [6.45, 7) is 12.0. The maximum Gasteiger partial charge on any atom is 0.209 e. The fourth-order valence-corrected chi connectivity index (χ4v) is 4.08. The average molecular weight is 489 g/mol. The van der Waals surface area contributed by atoms with E-state index in [4.69, 9.17) is 0 Å². The van der Waals surface area contributed by atoms with Crippen molar-refractivity contribution in [3.8, 4) is 0 Å². The standard InChI is InChI=1S/C16H35N5O2S.HI/c1-13(2)11-21-9-7-14(8-10-21)19-15(17-5)18-12-16(3,4)20-24(6,22)23;/h13-14,20H,7-12H2,1-6H3,(H2,17,18,19);1H. The van der Waals surface area contributed by atoms with Gasteiger partial charge in [-0.15, -0.1) is 24.0 Å². The Labute approximate surface area is 170 Å². The zero-order chi connectivity index (χ0) is 18.4. The third kappa shape index (κ3) is 11.2. The molecule has 150 valence electrons. The minimum atomic E-state index is -3.24. The van der Waals surface area contributed by atoms with Crippen molar-refractivity contribution >= 4 is 40.0 Å². The zero-order valence-corrected chi connectivity index (χ0v) is 19.6. The second kappa shape index (κ2) is 10.9. The lowest BCUT2D eigenvalue weighted by Crippen LogP contribution is -2.55. The lowest BCUT2D eigenvalue weighted by Gasteiger charge is -2.34. The molecule has 0 spiro atoms. The van der Waals surface area contributed by atoms with Gasteiger partial charge in [-0.05, 0) is 32.6 Å². The highest BCUT2D eigenvalue weighted by molar-refractivity contribution is 14.0. The Bertz CT molecular complexity index is 515. The maximum atomic E-state index is 11.4. The summed E-state index contributed by atoms with van der Waals surface area (Å²) in [7, 11) is -1.50. The molecule has 1 heterocycles. The van der Waals surface area contributed by atoms with Crippen LogP contribution in [0.3, 0.4) is 0 Å².